The molecule has 2 nitrogen and oxygen atoms in total. The van der Waals surface area contributed by atoms with Crippen molar-refractivity contribution in [3.8, 4) is 0 Å². The summed E-state index contributed by atoms with van der Waals surface area (Å²) >= 11 is 0. The monoisotopic (exact) mass is 180 g/mol. The largest absolute Gasteiger partial charge is 0.404 e. The molecule has 0 heterocycles. The number of allylic oxidation sites excluding steroid dienone is 1. The Balaban J connectivity index is 2.37. The van der Waals surface area contributed by atoms with Crippen LogP contribution < -0.4 is 5.73 Å². The van der Waals surface area contributed by atoms with E-state index < -0.39 is 0 Å². The van der Waals surface area contributed by atoms with E-state index in [-0.39, 0.29) is 0 Å². The summed E-state index contributed by atoms with van der Waals surface area (Å²) in [7, 11) is 0. The van der Waals surface area contributed by atoms with Gasteiger partial charge in [-0.3, -0.25) is 4.99 Å². The van der Waals surface area contributed by atoms with Crippen LogP contribution in [0.15, 0.2) is 16.8 Å². The number of nitrogens with zero attached hydrogens (tertiary/aromatic N) is 1. The van der Waals surface area contributed by atoms with Crippen LogP contribution in [0.3, 0.4) is 0 Å². The van der Waals surface area contributed by atoms with Crippen molar-refractivity contribution >= 4 is 6.21 Å². The average molecular weight is 180 g/mol. The van der Waals surface area contributed by atoms with Crippen LogP contribution in [0.4, 0.5) is 0 Å². The van der Waals surface area contributed by atoms with Crippen molar-refractivity contribution in [1.29, 1.82) is 0 Å². The van der Waals surface area contributed by atoms with Crippen LogP contribution in [-0.2, 0) is 0 Å². The zero-order valence-corrected chi connectivity index (χ0v) is 8.88. The van der Waals surface area contributed by atoms with Gasteiger partial charge in [0.2, 0.25) is 0 Å². The molecule has 0 saturated heterocycles. The number of hydrogen-bond donors (Lipinski definition) is 1. The molecule has 0 aromatic heterocycles. The molecule has 0 aliphatic heterocycles. The van der Waals surface area contributed by atoms with Crippen LogP contribution >= 0.6 is 0 Å². The fourth-order valence-electron chi connectivity index (χ4n) is 1.13. The Morgan fingerprint density at radius 2 is 2.15 bits per heavy atom. The maximum Gasteiger partial charge on any atom is 0.0443 e. The van der Waals surface area contributed by atoms with Crippen molar-refractivity contribution in [2.45, 2.75) is 33.6 Å². The van der Waals surface area contributed by atoms with E-state index in [1.165, 1.54) is 12.8 Å². The van der Waals surface area contributed by atoms with Gasteiger partial charge >= 0.3 is 0 Å². The number of aliphatic imine (C=N–C) groups is 1. The van der Waals surface area contributed by atoms with Crippen molar-refractivity contribution in [3.63, 3.8) is 0 Å². The van der Waals surface area contributed by atoms with E-state index in [0.717, 1.165) is 12.1 Å². The minimum absolute atomic E-state index is 0.473. The summed E-state index contributed by atoms with van der Waals surface area (Å²) in [4.78, 5) is 4.42. The molecule has 1 aliphatic carbocycles. The lowest BCUT2D eigenvalue weighted by Gasteiger charge is -2.05. The number of nitrogens with two attached hydrogens (primary N) is 1. The lowest BCUT2D eigenvalue weighted by Crippen LogP contribution is -2.02. The molecular weight excluding hydrogens is 160 g/mol. The number of hydrogen-bond acceptors (Lipinski definition) is 2. The second-order valence-electron chi connectivity index (χ2n) is 4.60. The second-order valence-corrected chi connectivity index (χ2v) is 4.60. The summed E-state index contributed by atoms with van der Waals surface area (Å²) in [6.45, 7) is 7.50. The van der Waals surface area contributed by atoms with Gasteiger partial charge in [-0.15, -0.1) is 0 Å². The fourth-order valence-corrected chi connectivity index (χ4v) is 1.13. The Bertz CT molecular complexity index is 222. The second kappa shape index (κ2) is 3.95. The van der Waals surface area contributed by atoms with Gasteiger partial charge in [-0.05, 0) is 35.9 Å². The molecule has 1 saturated carbocycles. The maximum atomic E-state index is 5.49. The molecule has 0 aromatic rings. The highest BCUT2D eigenvalue weighted by Gasteiger charge is 2.36. The predicted octanol–water partition coefficient (Wildman–Crippen LogP) is 2.36. The Morgan fingerprint density at radius 3 is 2.54 bits per heavy atom. The Morgan fingerprint density at radius 1 is 1.54 bits per heavy atom. The summed E-state index contributed by atoms with van der Waals surface area (Å²) in [6, 6.07) is 0. The first-order valence-electron chi connectivity index (χ1n) is 4.99. The van der Waals surface area contributed by atoms with Gasteiger partial charge < -0.3 is 5.73 Å². The highest BCUT2D eigenvalue weighted by molar-refractivity contribution is 5.78. The molecule has 0 bridgehead atoms. The molecule has 0 aromatic carbocycles. The van der Waals surface area contributed by atoms with Gasteiger partial charge in [0.05, 0.1) is 0 Å². The van der Waals surface area contributed by atoms with Crippen molar-refractivity contribution in [1.82, 2.24) is 0 Å². The van der Waals surface area contributed by atoms with Gasteiger partial charge in [-0.2, -0.15) is 0 Å². The van der Waals surface area contributed by atoms with Crippen molar-refractivity contribution in [2.24, 2.45) is 22.1 Å². The maximum absolute atomic E-state index is 5.49. The molecule has 13 heavy (non-hydrogen) atoms. The third-order valence-corrected chi connectivity index (χ3v) is 2.68. The van der Waals surface area contributed by atoms with Gasteiger partial charge in [0.1, 0.15) is 0 Å². The first kappa shape index (κ1) is 10.3. The highest BCUT2D eigenvalue weighted by Crippen LogP contribution is 2.44. The lowest BCUT2D eigenvalue weighted by atomic mass is 10.1. The quantitative estimate of drug-likeness (QED) is 0.663. The normalized spacial score (nSPS) is 21.4. The molecule has 1 fully saturated rings. The topological polar surface area (TPSA) is 38.4 Å². The standard InChI is InChI=1S/C11H20N2/c1-9(2)10(6-12)7-13-8-11(3)4-5-11/h6-7,9H,4-5,8,12H2,1-3H3/b10-6+,13-7?. The third-order valence-electron chi connectivity index (χ3n) is 2.68. The van der Waals surface area contributed by atoms with Gasteiger partial charge in [0, 0.05) is 12.8 Å². The molecule has 0 unspecified atom stereocenters. The van der Waals surface area contributed by atoms with Gasteiger partial charge in [-0.25, -0.2) is 0 Å². The zero-order valence-electron chi connectivity index (χ0n) is 8.88. The van der Waals surface area contributed by atoms with E-state index >= 15 is 0 Å². The first-order valence-corrected chi connectivity index (χ1v) is 4.99. The molecule has 0 spiro atoms. The summed E-state index contributed by atoms with van der Waals surface area (Å²) < 4.78 is 0. The Kier molecular flexibility index (Phi) is 3.12. The average Bonchev–Trinajstić information content (AvgIpc) is 2.77. The molecule has 0 radical (unpaired) electrons. The third kappa shape index (κ3) is 3.21. The minimum atomic E-state index is 0.473. The highest BCUT2D eigenvalue weighted by atomic mass is 14.8. The molecule has 1 rings (SSSR count). The van der Waals surface area contributed by atoms with E-state index in [1.54, 1.807) is 6.20 Å². The van der Waals surface area contributed by atoms with E-state index in [9.17, 15) is 0 Å². The van der Waals surface area contributed by atoms with Crippen LogP contribution in [0.1, 0.15) is 33.6 Å². The van der Waals surface area contributed by atoms with Crippen molar-refractivity contribution < 1.29 is 0 Å². The van der Waals surface area contributed by atoms with Crippen LogP contribution in [0.25, 0.3) is 0 Å². The Hall–Kier alpha value is -0.790. The summed E-state index contributed by atoms with van der Waals surface area (Å²) in [5.41, 5.74) is 7.12. The minimum Gasteiger partial charge on any atom is -0.404 e. The molecular formula is C11H20N2. The van der Waals surface area contributed by atoms with Gasteiger partial charge in [-0.1, -0.05) is 20.8 Å². The summed E-state index contributed by atoms with van der Waals surface area (Å²) in [6.07, 6.45) is 6.24. The van der Waals surface area contributed by atoms with Crippen LogP contribution in [0.2, 0.25) is 0 Å². The molecule has 74 valence electrons. The summed E-state index contributed by atoms with van der Waals surface area (Å²) in [5, 5.41) is 0. The number of rotatable bonds is 4. The van der Waals surface area contributed by atoms with Crippen molar-refractivity contribution in [3.05, 3.63) is 11.8 Å². The smallest absolute Gasteiger partial charge is 0.0443 e. The molecule has 1 aliphatic rings. The van der Waals surface area contributed by atoms with Crippen LogP contribution in [-0.4, -0.2) is 12.8 Å². The molecule has 0 atom stereocenters. The first-order chi connectivity index (χ1) is 6.07. The van der Waals surface area contributed by atoms with Crippen molar-refractivity contribution in [2.75, 3.05) is 6.54 Å². The Labute approximate surface area is 80.9 Å². The van der Waals surface area contributed by atoms with E-state index in [0.29, 0.717) is 11.3 Å². The van der Waals surface area contributed by atoms with Crippen LogP contribution in [0.5, 0.6) is 0 Å². The fraction of sp³-hybridized carbons (Fsp3) is 0.727. The SMILES string of the molecule is CC(C)/C(C=NCC1(C)CC1)=C/N. The van der Waals surface area contributed by atoms with E-state index in [4.69, 9.17) is 5.73 Å². The zero-order chi connectivity index (χ0) is 9.90. The van der Waals surface area contributed by atoms with E-state index in [1.807, 2.05) is 6.21 Å². The molecule has 2 N–H and O–H groups in total. The predicted molar refractivity (Wildman–Crippen MR) is 57.8 cm³/mol. The summed E-state index contributed by atoms with van der Waals surface area (Å²) in [5.74, 6) is 0.473. The lowest BCUT2D eigenvalue weighted by molar-refractivity contribution is 0.591. The van der Waals surface area contributed by atoms with E-state index in [2.05, 4.69) is 25.8 Å². The van der Waals surface area contributed by atoms with Gasteiger partial charge in [0.25, 0.3) is 0 Å². The molecule has 0 amide bonds. The molecule has 2 heteroatoms. The van der Waals surface area contributed by atoms with Gasteiger partial charge in [0.15, 0.2) is 0 Å². The van der Waals surface area contributed by atoms with Crippen LogP contribution in [0, 0.1) is 11.3 Å².